The second kappa shape index (κ2) is 6.61. The van der Waals surface area contributed by atoms with E-state index >= 15 is 0 Å². The number of sulfonamides is 1. The Bertz CT molecular complexity index is 443. The standard InChI is InChI=1S/C12H19NO3S/c1-2-11-6-5-7-12(10-11)13-17(15,16)9-4-3-8-14/h5-7,10,13-14H,2-4,8-9H2,1H3. The van der Waals surface area contributed by atoms with E-state index in [1.54, 1.807) is 6.07 Å². The van der Waals surface area contributed by atoms with Crippen LogP contribution < -0.4 is 4.72 Å². The Hall–Kier alpha value is -1.07. The average Bonchev–Trinajstić information content (AvgIpc) is 2.29. The first kappa shape index (κ1) is 14.0. The van der Waals surface area contributed by atoms with E-state index in [4.69, 9.17) is 5.11 Å². The van der Waals surface area contributed by atoms with Crippen LogP contribution >= 0.6 is 0 Å². The fourth-order valence-corrected chi connectivity index (χ4v) is 2.66. The molecule has 0 fully saturated rings. The van der Waals surface area contributed by atoms with Gasteiger partial charge in [0.05, 0.1) is 5.75 Å². The number of hydrogen-bond donors (Lipinski definition) is 2. The van der Waals surface area contributed by atoms with E-state index in [0.717, 1.165) is 12.0 Å². The highest BCUT2D eigenvalue weighted by atomic mass is 32.2. The summed E-state index contributed by atoms with van der Waals surface area (Å²) in [6.45, 7) is 2.05. The fourth-order valence-electron chi connectivity index (χ4n) is 1.49. The van der Waals surface area contributed by atoms with E-state index in [1.165, 1.54) is 0 Å². The third-order valence-corrected chi connectivity index (χ3v) is 3.80. The fraction of sp³-hybridized carbons (Fsp3) is 0.500. The lowest BCUT2D eigenvalue weighted by Crippen LogP contribution is -2.17. The van der Waals surface area contributed by atoms with Crippen LogP contribution in [0.3, 0.4) is 0 Å². The number of aliphatic hydroxyl groups excluding tert-OH is 1. The van der Waals surface area contributed by atoms with E-state index in [-0.39, 0.29) is 12.4 Å². The molecule has 0 aliphatic heterocycles. The van der Waals surface area contributed by atoms with Gasteiger partial charge in [-0.25, -0.2) is 8.42 Å². The Kier molecular flexibility index (Phi) is 5.44. The first-order valence-corrected chi connectivity index (χ1v) is 7.43. The third-order valence-electron chi connectivity index (χ3n) is 2.43. The van der Waals surface area contributed by atoms with Crippen LogP contribution in [0.1, 0.15) is 25.3 Å². The first-order valence-electron chi connectivity index (χ1n) is 5.77. The van der Waals surface area contributed by atoms with Gasteiger partial charge in [-0.05, 0) is 37.0 Å². The lowest BCUT2D eigenvalue weighted by atomic mass is 10.1. The quantitative estimate of drug-likeness (QED) is 0.731. The lowest BCUT2D eigenvalue weighted by Gasteiger charge is -2.08. The molecule has 4 nitrogen and oxygen atoms in total. The molecule has 0 atom stereocenters. The molecule has 0 aromatic heterocycles. The number of anilines is 1. The maximum atomic E-state index is 11.7. The first-order chi connectivity index (χ1) is 8.07. The molecule has 1 rings (SSSR count). The van der Waals surface area contributed by atoms with Gasteiger partial charge in [0.2, 0.25) is 10.0 Å². The molecule has 17 heavy (non-hydrogen) atoms. The number of hydrogen-bond acceptors (Lipinski definition) is 3. The number of unbranched alkanes of at least 4 members (excludes halogenated alkanes) is 1. The van der Waals surface area contributed by atoms with E-state index in [0.29, 0.717) is 18.5 Å². The zero-order chi connectivity index (χ0) is 12.7. The zero-order valence-electron chi connectivity index (χ0n) is 10.0. The van der Waals surface area contributed by atoms with E-state index in [2.05, 4.69) is 4.72 Å². The summed E-state index contributed by atoms with van der Waals surface area (Å²) >= 11 is 0. The van der Waals surface area contributed by atoms with Crippen molar-refractivity contribution < 1.29 is 13.5 Å². The summed E-state index contributed by atoms with van der Waals surface area (Å²) < 4.78 is 25.9. The maximum absolute atomic E-state index is 11.7. The van der Waals surface area contributed by atoms with Gasteiger partial charge in [0.1, 0.15) is 0 Å². The predicted molar refractivity (Wildman–Crippen MR) is 69.5 cm³/mol. The summed E-state index contributed by atoms with van der Waals surface area (Å²) in [6, 6.07) is 7.38. The molecule has 5 heteroatoms. The van der Waals surface area contributed by atoms with Crippen molar-refractivity contribution in [3.05, 3.63) is 29.8 Å². The molecule has 0 amide bonds. The van der Waals surface area contributed by atoms with Crippen LogP contribution in [0.2, 0.25) is 0 Å². The van der Waals surface area contributed by atoms with Crippen molar-refractivity contribution in [1.82, 2.24) is 0 Å². The minimum absolute atomic E-state index is 0.0286. The normalized spacial score (nSPS) is 11.4. The number of nitrogens with one attached hydrogen (secondary N) is 1. The van der Waals surface area contributed by atoms with Crippen LogP contribution in [0.15, 0.2) is 24.3 Å². The Morgan fingerprint density at radius 1 is 1.29 bits per heavy atom. The Morgan fingerprint density at radius 2 is 2.06 bits per heavy atom. The predicted octanol–water partition coefficient (Wildman–Crippen LogP) is 1.76. The van der Waals surface area contributed by atoms with Crippen molar-refractivity contribution in [2.75, 3.05) is 17.1 Å². The molecule has 0 spiro atoms. The van der Waals surface area contributed by atoms with Gasteiger partial charge in [0, 0.05) is 12.3 Å². The zero-order valence-corrected chi connectivity index (χ0v) is 10.8. The van der Waals surface area contributed by atoms with Crippen LogP contribution in [-0.2, 0) is 16.4 Å². The summed E-state index contributed by atoms with van der Waals surface area (Å²) in [6.07, 6.45) is 1.86. The Balaban J connectivity index is 2.62. The summed E-state index contributed by atoms with van der Waals surface area (Å²) in [5.41, 5.74) is 1.70. The molecule has 1 aromatic rings. The Morgan fingerprint density at radius 3 is 2.71 bits per heavy atom. The maximum Gasteiger partial charge on any atom is 0.232 e. The summed E-state index contributed by atoms with van der Waals surface area (Å²) in [4.78, 5) is 0. The minimum atomic E-state index is -3.29. The third kappa shape index (κ3) is 5.19. The summed E-state index contributed by atoms with van der Waals surface area (Å²) in [7, 11) is -3.29. The molecule has 0 aliphatic carbocycles. The van der Waals surface area contributed by atoms with Crippen molar-refractivity contribution in [3.8, 4) is 0 Å². The van der Waals surface area contributed by atoms with Crippen molar-refractivity contribution >= 4 is 15.7 Å². The lowest BCUT2D eigenvalue weighted by molar-refractivity contribution is 0.287. The van der Waals surface area contributed by atoms with Crippen LogP contribution in [0.25, 0.3) is 0 Å². The number of aliphatic hydroxyl groups is 1. The highest BCUT2D eigenvalue weighted by Gasteiger charge is 2.09. The van der Waals surface area contributed by atoms with Gasteiger partial charge < -0.3 is 5.11 Å². The molecule has 0 aliphatic rings. The monoisotopic (exact) mass is 257 g/mol. The number of rotatable bonds is 7. The highest BCUT2D eigenvalue weighted by molar-refractivity contribution is 7.92. The molecular weight excluding hydrogens is 238 g/mol. The van der Waals surface area contributed by atoms with Gasteiger partial charge in [-0.1, -0.05) is 19.1 Å². The van der Waals surface area contributed by atoms with Gasteiger partial charge in [-0.2, -0.15) is 0 Å². The molecule has 0 heterocycles. The van der Waals surface area contributed by atoms with E-state index < -0.39 is 10.0 Å². The van der Waals surface area contributed by atoms with Gasteiger partial charge >= 0.3 is 0 Å². The topological polar surface area (TPSA) is 66.4 Å². The second-order valence-corrected chi connectivity index (χ2v) is 5.75. The largest absolute Gasteiger partial charge is 0.396 e. The average molecular weight is 257 g/mol. The minimum Gasteiger partial charge on any atom is -0.396 e. The molecule has 0 saturated carbocycles. The van der Waals surface area contributed by atoms with Crippen molar-refractivity contribution in [2.24, 2.45) is 0 Å². The van der Waals surface area contributed by atoms with Gasteiger partial charge in [0.25, 0.3) is 0 Å². The van der Waals surface area contributed by atoms with E-state index in [9.17, 15) is 8.42 Å². The SMILES string of the molecule is CCc1cccc(NS(=O)(=O)CCCCO)c1. The van der Waals surface area contributed by atoms with Gasteiger partial charge in [-0.3, -0.25) is 4.72 Å². The van der Waals surface area contributed by atoms with E-state index in [1.807, 2.05) is 25.1 Å². The molecule has 2 N–H and O–H groups in total. The molecule has 96 valence electrons. The smallest absolute Gasteiger partial charge is 0.232 e. The highest BCUT2D eigenvalue weighted by Crippen LogP contribution is 2.13. The van der Waals surface area contributed by atoms with Gasteiger partial charge in [0.15, 0.2) is 0 Å². The summed E-state index contributed by atoms with van der Waals surface area (Å²) in [5.74, 6) is 0.0455. The molecule has 1 aromatic carbocycles. The molecular formula is C12H19NO3S. The number of aryl methyl sites for hydroxylation is 1. The molecule has 0 saturated heterocycles. The van der Waals surface area contributed by atoms with Crippen molar-refractivity contribution in [2.45, 2.75) is 26.2 Å². The van der Waals surface area contributed by atoms with Crippen LogP contribution in [0.5, 0.6) is 0 Å². The van der Waals surface area contributed by atoms with Crippen molar-refractivity contribution in [3.63, 3.8) is 0 Å². The number of benzene rings is 1. The van der Waals surface area contributed by atoms with Gasteiger partial charge in [-0.15, -0.1) is 0 Å². The van der Waals surface area contributed by atoms with Crippen LogP contribution in [0, 0.1) is 0 Å². The molecule has 0 unspecified atom stereocenters. The van der Waals surface area contributed by atoms with Crippen molar-refractivity contribution in [1.29, 1.82) is 0 Å². The molecule has 0 bridgehead atoms. The Labute approximate surface area is 103 Å². The summed E-state index contributed by atoms with van der Waals surface area (Å²) in [5, 5.41) is 8.61. The van der Waals surface area contributed by atoms with Crippen LogP contribution in [-0.4, -0.2) is 25.9 Å². The second-order valence-electron chi connectivity index (χ2n) is 3.91. The van der Waals surface area contributed by atoms with Crippen LogP contribution in [0.4, 0.5) is 5.69 Å². The molecule has 0 radical (unpaired) electrons.